The molecule has 0 aliphatic rings. The first-order valence-corrected chi connectivity index (χ1v) is 10.4. The third kappa shape index (κ3) is 33.3. The minimum Gasteiger partial charge on any atom is -0.506 e. The van der Waals surface area contributed by atoms with Crippen molar-refractivity contribution in [3.63, 3.8) is 0 Å². The molecule has 1 aromatic heterocycles. The number of benzene rings is 1. The Kier molecular flexibility index (Phi) is 15.5. The van der Waals surface area contributed by atoms with Crippen LogP contribution in [0.15, 0.2) is 36.5 Å². The van der Waals surface area contributed by atoms with Gasteiger partial charge in [-0.15, -0.1) is 0 Å². The Morgan fingerprint density at radius 3 is 1.33 bits per heavy atom. The summed E-state index contributed by atoms with van der Waals surface area (Å²) in [4.78, 5) is 68.7. The Hall–Kier alpha value is -0.708. The summed E-state index contributed by atoms with van der Waals surface area (Å²) in [6.07, 6.45) is 1.67. The predicted octanol–water partition coefficient (Wildman–Crippen LogP) is -1.23. The minimum absolute atomic E-state index is 0. The molecule has 0 spiro atoms. The molecule has 10 N–H and O–H groups in total. The Bertz CT molecular complexity index is 738. The van der Waals surface area contributed by atoms with E-state index in [9.17, 15) is 5.11 Å². The van der Waals surface area contributed by atoms with Gasteiger partial charge in [0, 0.05) is 28.9 Å². The number of fused-ring (bicyclic) bond motifs is 1. The molecule has 2 rings (SSSR count). The van der Waals surface area contributed by atoms with Gasteiger partial charge in [-0.1, -0.05) is 18.2 Å². The van der Waals surface area contributed by atoms with Crippen LogP contribution in [-0.2, 0) is 13.7 Å². The monoisotopic (exact) mass is 466 g/mol. The molecule has 2 aromatic rings. The first-order valence-electron chi connectivity index (χ1n) is 5.75. The molecule has 0 bridgehead atoms. The third-order valence-corrected chi connectivity index (χ3v) is 1.61. The van der Waals surface area contributed by atoms with Gasteiger partial charge in [-0.3, -0.25) is 4.98 Å². The number of hydrogen-bond donors (Lipinski definition) is 10. The third-order valence-electron chi connectivity index (χ3n) is 1.61. The van der Waals surface area contributed by atoms with Gasteiger partial charge < -0.3 is 49.1 Å². The summed E-state index contributed by atoms with van der Waals surface area (Å²) in [5, 5.41) is 10.3. The zero-order chi connectivity index (χ0) is 21.2. The van der Waals surface area contributed by atoms with Crippen LogP contribution in [0.1, 0.15) is 0 Å². The van der Waals surface area contributed by atoms with Crippen molar-refractivity contribution in [2.45, 2.75) is 0 Å². The van der Waals surface area contributed by atoms with Gasteiger partial charge in [0.15, 0.2) is 0 Å². The van der Waals surface area contributed by atoms with Gasteiger partial charge >= 0.3 is 23.5 Å². The predicted molar refractivity (Wildman–Crippen MR) is 92.0 cm³/mol. The van der Waals surface area contributed by atoms with Crippen LogP contribution >= 0.6 is 23.5 Å². The van der Waals surface area contributed by atoms with E-state index in [1.54, 1.807) is 18.3 Å². The summed E-state index contributed by atoms with van der Waals surface area (Å²) in [7, 11) is -13.9. The molecular formula is C9H16AlNO13P3. The Morgan fingerprint density at radius 1 is 0.667 bits per heavy atom. The van der Waals surface area contributed by atoms with Crippen molar-refractivity contribution in [3.8, 4) is 5.75 Å². The molecule has 0 fully saturated rings. The zero-order valence-corrected chi connectivity index (χ0v) is 16.9. The molecule has 0 saturated carbocycles. The molecule has 0 aliphatic heterocycles. The molecule has 0 saturated heterocycles. The Labute approximate surface area is 162 Å². The van der Waals surface area contributed by atoms with E-state index in [4.69, 9.17) is 57.7 Å². The summed E-state index contributed by atoms with van der Waals surface area (Å²) in [5.74, 6) is 0.239. The quantitative estimate of drug-likeness (QED) is 0.161. The summed E-state index contributed by atoms with van der Waals surface area (Å²) < 4.78 is 26.6. The molecule has 0 atom stereocenters. The van der Waals surface area contributed by atoms with Crippen LogP contribution in [0.25, 0.3) is 10.9 Å². The maximum atomic E-state index is 9.31. The van der Waals surface area contributed by atoms with Crippen molar-refractivity contribution in [2.75, 3.05) is 0 Å². The number of phenolic OH excluding ortho intramolecular Hbond substituents is 1. The molecule has 18 heteroatoms. The minimum atomic E-state index is -4.64. The van der Waals surface area contributed by atoms with E-state index in [0.717, 1.165) is 5.39 Å². The van der Waals surface area contributed by atoms with Crippen LogP contribution in [0.3, 0.4) is 0 Å². The number of pyridine rings is 1. The van der Waals surface area contributed by atoms with Crippen LogP contribution < -0.4 is 0 Å². The van der Waals surface area contributed by atoms with E-state index in [1.807, 2.05) is 18.2 Å². The van der Waals surface area contributed by atoms with E-state index in [2.05, 4.69) is 4.98 Å². The normalized spacial score (nSPS) is 10.7. The molecule has 3 radical (unpaired) electrons. The first kappa shape index (κ1) is 31.0. The van der Waals surface area contributed by atoms with Gasteiger partial charge in [-0.25, -0.2) is 13.7 Å². The molecule has 0 unspecified atom stereocenters. The van der Waals surface area contributed by atoms with Gasteiger partial charge in [0.1, 0.15) is 11.3 Å². The average molecular weight is 466 g/mol. The summed E-state index contributed by atoms with van der Waals surface area (Å²) in [6, 6.07) is 9.13. The van der Waals surface area contributed by atoms with E-state index < -0.39 is 23.5 Å². The smallest absolute Gasteiger partial charge is 0.466 e. The lowest BCUT2D eigenvalue weighted by Crippen LogP contribution is -1.76. The lowest BCUT2D eigenvalue weighted by atomic mass is 10.2. The highest BCUT2D eigenvalue weighted by Crippen LogP contribution is 2.26. The SMILES string of the molecule is O=P(O)(O)O.O=P(O)(O)O.O=P(O)(O)O.Oc1cccc2cccnc12.[Al]. The zero-order valence-electron chi connectivity index (χ0n) is 13.0. The number of aromatic hydroxyl groups is 1. The fraction of sp³-hybridized carbons (Fsp3) is 0. The standard InChI is InChI=1S/C9H7NO.Al.3H3O4P/c11-8-5-1-3-7-4-2-6-10-9(7)8;;3*1-5(2,3)4/h1-6,11H;;3*(H3,1,2,3,4). The van der Waals surface area contributed by atoms with Crippen LogP contribution in [0.2, 0.25) is 0 Å². The van der Waals surface area contributed by atoms with Crippen LogP contribution in [0, 0.1) is 0 Å². The number of para-hydroxylation sites is 1. The molecule has 0 aliphatic carbocycles. The van der Waals surface area contributed by atoms with Crippen molar-refractivity contribution in [2.24, 2.45) is 0 Å². The lowest BCUT2D eigenvalue weighted by Gasteiger charge is -1.96. The second-order valence-electron chi connectivity index (χ2n) is 3.89. The number of hydrogen-bond acceptors (Lipinski definition) is 5. The van der Waals surface area contributed by atoms with E-state index >= 15 is 0 Å². The number of phosphoric acid groups is 3. The van der Waals surface area contributed by atoms with Gasteiger partial charge in [0.2, 0.25) is 0 Å². The van der Waals surface area contributed by atoms with Crippen molar-refractivity contribution < 1.29 is 62.8 Å². The molecule has 0 amide bonds. The lowest BCUT2D eigenvalue weighted by molar-refractivity contribution is 0.272. The van der Waals surface area contributed by atoms with E-state index in [-0.39, 0.29) is 23.1 Å². The Balaban J connectivity index is -0.000000311. The van der Waals surface area contributed by atoms with Crippen molar-refractivity contribution in [1.29, 1.82) is 0 Å². The highest BCUT2D eigenvalue weighted by atomic mass is 31.2. The maximum absolute atomic E-state index is 9.31. The highest BCUT2D eigenvalue weighted by Gasteiger charge is 2.01. The number of phenols is 1. The average Bonchev–Trinajstić information content (AvgIpc) is 2.33. The molecule has 14 nitrogen and oxygen atoms in total. The topological polar surface area (TPSA) is 266 Å². The Morgan fingerprint density at radius 2 is 1.00 bits per heavy atom. The van der Waals surface area contributed by atoms with Crippen LogP contribution in [-0.4, -0.2) is 71.5 Å². The largest absolute Gasteiger partial charge is 0.506 e. The van der Waals surface area contributed by atoms with Crippen molar-refractivity contribution >= 4 is 51.7 Å². The summed E-state index contributed by atoms with van der Waals surface area (Å²) >= 11 is 0. The second-order valence-corrected chi connectivity index (χ2v) is 6.97. The van der Waals surface area contributed by atoms with E-state index in [1.165, 1.54) is 0 Å². The second kappa shape index (κ2) is 13.5. The molecule has 1 aromatic carbocycles. The molecule has 27 heavy (non-hydrogen) atoms. The molecular weight excluding hydrogens is 450 g/mol. The fourth-order valence-corrected chi connectivity index (χ4v) is 1.09. The van der Waals surface area contributed by atoms with Gasteiger partial charge in [0.05, 0.1) is 0 Å². The van der Waals surface area contributed by atoms with E-state index in [0.29, 0.717) is 5.52 Å². The van der Waals surface area contributed by atoms with Crippen molar-refractivity contribution in [3.05, 3.63) is 36.5 Å². The number of rotatable bonds is 0. The van der Waals surface area contributed by atoms with Gasteiger partial charge in [0.25, 0.3) is 0 Å². The highest BCUT2D eigenvalue weighted by molar-refractivity contribution is 7.45. The van der Waals surface area contributed by atoms with Crippen LogP contribution in [0.5, 0.6) is 5.75 Å². The van der Waals surface area contributed by atoms with Crippen LogP contribution in [0.4, 0.5) is 0 Å². The number of aromatic nitrogens is 1. The number of nitrogens with zero attached hydrogens (tertiary/aromatic N) is 1. The van der Waals surface area contributed by atoms with Gasteiger partial charge in [-0.2, -0.15) is 0 Å². The summed E-state index contributed by atoms with van der Waals surface area (Å²) in [5.41, 5.74) is 0.662. The molecule has 1 heterocycles. The molecule has 153 valence electrons. The van der Waals surface area contributed by atoms with Gasteiger partial charge in [-0.05, 0) is 12.1 Å². The maximum Gasteiger partial charge on any atom is 0.466 e. The van der Waals surface area contributed by atoms with Crippen molar-refractivity contribution in [1.82, 2.24) is 4.98 Å². The summed E-state index contributed by atoms with van der Waals surface area (Å²) in [6.45, 7) is 0. The first-order chi connectivity index (χ1) is 11.4. The fourth-order valence-electron chi connectivity index (χ4n) is 1.09.